The minimum Gasteiger partial charge on any atom is -0.294 e. The molecule has 0 atom stereocenters. The number of Topliss-reactive ketones (excluding diaryl/α,β-unsaturated/α-hetero) is 2. The first kappa shape index (κ1) is 16.9. The van der Waals surface area contributed by atoms with Gasteiger partial charge < -0.3 is 0 Å². The van der Waals surface area contributed by atoms with Crippen molar-refractivity contribution >= 4 is 17.3 Å². The van der Waals surface area contributed by atoms with Crippen molar-refractivity contribution in [2.75, 3.05) is 0 Å². The van der Waals surface area contributed by atoms with Crippen LogP contribution in [0.5, 0.6) is 0 Å². The molecule has 0 radical (unpaired) electrons. The van der Waals surface area contributed by atoms with Crippen molar-refractivity contribution in [1.82, 2.24) is 0 Å². The van der Waals surface area contributed by atoms with Crippen LogP contribution in [0.4, 0.5) is 0 Å². The van der Waals surface area contributed by atoms with Gasteiger partial charge in [0.25, 0.3) is 0 Å². The highest BCUT2D eigenvalue weighted by Gasteiger charge is 2.33. The number of carbonyl (C=O) groups is 3. The lowest BCUT2D eigenvalue weighted by molar-refractivity contribution is 0.0981. The number of rotatable bonds is 6. The number of benzene rings is 2. The molecular formula is C23H22O3. The van der Waals surface area contributed by atoms with Crippen LogP contribution in [0.2, 0.25) is 0 Å². The van der Waals surface area contributed by atoms with E-state index in [0.29, 0.717) is 34.1 Å². The highest BCUT2D eigenvalue weighted by Crippen LogP contribution is 2.44. The summed E-state index contributed by atoms with van der Waals surface area (Å²) in [6, 6.07) is 11.1. The fourth-order valence-electron chi connectivity index (χ4n) is 3.92. The molecular weight excluding hydrogens is 324 g/mol. The van der Waals surface area contributed by atoms with Crippen LogP contribution in [0, 0.1) is 0 Å². The van der Waals surface area contributed by atoms with Gasteiger partial charge in [-0.1, -0.05) is 36.4 Å². The Morgan fingerprint density at radius 2 is 1.08 bits per heavy atom. The fraction of sp³-hybridized carbons (Fsp3) is 0.348. The van der Waals surface area contributed by atoms with Crippen LogP contribution in [0.1, 0.15) is 99.1 Å². The first-order valence-electron chi connectivity index (χ1n) is 9.31. The van der Waals surface area contributed by atoms with E-state index in [1.807, 2.05) is 24.3 Å². The molecule has 2 aromatic carbocycles. The monoisotopic (exact) mass is 346 g/mol. The molecule has 4 rings (SSSR count). The minimum atomic E-state index is -0.217. The summed E-state index contributed by atoms with van der Waals surface area (Å²) in [5.74, 6) is 0.376. The first-order valence-corrected chi connectivity index (χ1v) is 9.31. The SMILES string of the molecule is CC(=O)c1c(C(=O)c2cccc(C3CC3)c2C(C)=O)cccc1C1CC1. The maximum Gasteiger partial charge on any atom is 0.194 e. The smallest absolute Gasteiger partial charge is 0.194 e. The van der Waals surface area contributed by atoms with Crippen LogP contribution in [0.3, 0.4) is 0 Å². The Hall–Kier alpha value is -2.55. The molecule has 26 heavy (non-hydrogen) atoms. The van der Waals surface area contributed by atoms with Crippen LogP contribution >= 0.6 is 0 Å². The van der Waals surface area contributed by atoms with Crippen molar-refractivity contribution in [1.29, 1.82) is 0 Å². The molecule has 0 N–H and O–H groups in total. The fourth-order valence-corrected chi connectivity index (χ4v) is 3.92. The van der Waals surface area contributed by atoms with E-state index in [0.717, 1.165) is 36.8 Å². The van der Waals surface area contributed by atoms with E-state index in [2.05, 4.69) is 0 Å². The Kier molecular flexibility index (Phi) is 4.10. The molecule has 2 fully saturated rings. The molecule has 0 amide bonds. The summed E-state index contributed by atoms with van der Waals surface area (Å²) in [6.45, 7) is 3.04. The number of hydrogen-bond acceptors (Lipinski definition) is 3. The van der Waals surface area contributed by atoms with Crippen molar-refractivity contribution in [3.8, 4) is 0 Å². The molecule has 0 unspecified atom stereocenters. The van der Waals surface area contributed by atoms with Crippen LogP contribution in [-0.4, -0.2) is 17.3 Å². The Labute approximate surface area is 153 Å². The Morgan fingerprint density at radius 1 is 0.692 bits per heavy atom. The quantitative estimate of drug-likeness (QED) is 0.686. The molecule has 0 aromatic heterocycles. The lowest BCUT2D eigenvalue weighted by atomic mass is 9.86. The Bertz CT molecular complexity index is 855. The van der Waals surface area contributed by atoms with Crippen molar-refractivity contribution in [2.45, 2.75) is 51.4 Å². The minimum absolute atomic E-state index is 0.0847. The van der Waals surface area contributed by atoms with Gasteiger partial charge in [-0.3, -0.25) is 14.4 Å². The van der Waals surface area contributed by atoms with Gasteiger partial charge in [-0.2, -0.15) is 0 Å². The summed E-state index contributed by atoms with van der Waals surface area (Å²) in [7, 11) is 0. The van der Waals surface area contributed by atoms with Crippen molar-refractivity contribution in [2.24, 2.45) is 0 Å². The standard InChI is InChI=1S/C23H22O3/c1-13(24)21-17(15-9-10-15)5-3-7-19(21)23(26)20-8-4-6-18(16-11-12-16)22(20)14(2)25/h3-8,15-16H,9-12H2,1-2H3. The summed E-state index contributed by atoms with van der Waals surface area (Å²) in [4.78, 5) is 38.1. The number of ketones is 3. The normalized spacial score (nSPS) is 16.4. The Balaban J connectivity index is 1.87. The molecule has 2 aliphatic carbocycles. The first-order chi connectivity index (χ1) is 12.5. The van der Waals surface area contributed by atoms with Gasteiger partial charge in [0.05, 0.1) is 0 Å². The topological polar surface area (TPSA) is 51.2 Å². The van der Waals surface area contributed by atoms with E-state index in [4.69, 9.17) is 0 Å². The van der Waals surface area contributed by atoms with Crippen molar-refractivity contribution in [3.05, 3.63) is 69.8 Å². The molecule has 0 bridgehead atoms. The average molecular weight is 346 g/mol. The second-order valence-corrected chi connectivity index (χ2v) is 7.53. The third-order valence-corrected chi connectivity index (χ3v) is 5.42. The van der Waals surface area contributed by atoms with Crippen LogP contribution < -0.4 is 0 Å². The molecule has 3 heteroatoms. The molecule has 0 heterocycles. The second kappa shape index (κ2) is 6.31. The lowest BCUT2D eigenvalue weighted by Crippen LogP contribution is -2.15. The van der Waals surface area contributed by atoms with Crippen LogP contribution in [0.25, 0.3) is 0 Å². The number of carbonyl (C=O) groups excluding carboxylic acids is 3. The summed E-state index contributed by atoms with van der Waals surface area (Å²) in [6.07, 6.45) is 4.25. The molecule has 0 spiro atoms. The van der Waals surface area contributed by atoms with Crippen molar-refractivity contribution in [3.63, 3.8) is 0 Å². The van der Waals surface area contributed by atoms with E-state index in [1.165, 1.54) is 13.8 Å². The Morgan fingerprint density at radius 3 is 1.38 bits per heavy atom. The second-order valence-electron chi connectivity index (χ2n) is 7.53. The average Bonchev–Trinajstić information content (AvgIpc) is 3.51. The van der Waals surface area contributed by atoms with Gasteiger partial charge in [0.15, 0.2) is 17.3 Å². The highest BCUT2D eigenvalue weighted by atomic mass is 16.1. The van der Waals surface area contributed by atoms with Crippen LogP contribution in [-0.2, 0) is 0 Å². The van der Waals surface area contributed by atoms with E-state index >= 15 is 0 Å². The van der Waals surface area contributed by atoms with Crippen LogP contribution in [0.15, 0.2) is 36.4 Å². The summed E-state index contributed by atoms with van der Waals surface area (Å²) >= 11 is 0. The predicted octanol–water partition coefficient (Wildman–Crippen LogP) is 5.08. The maximum atomic E-state index is 13.4. The largest absolute Gasteiger partial charge is 0.294 e. The van der Waals surface area contributed by atoms with E-state index in [-0.39, 0.29) is 17.3 Å². The third kappa shape index (κ3) is 2.92. The van der Waals surface area contributed by atoms with Gasteiger partial charge in [-0.25, -0.2) is 0 Å². The zero-order valence-electron chi connectivity index (χ0n) is 15.2. The number of hydrogen-bond donors (Lipinski definition) is 0. The molecule has 2 aliphatic rings. The van der Waals surface area contributed by atoms with E-state index in [9.17, 15) is 14.4 Å². The van der Waals surface area contributed by atoms with Gasteiger partial charge in [0.1, 0.15) is 0 Å². The molecule has 3 nitrogen and oxygen atoms in total. The molecule has 0 saturated heterocycles. The van der Waals surface area contributed by atoms with E-state index in [1.54, 1.807) is 12.1 Å². The summed E-state index contributed by atoms with van der Waals surface area (Å²) in [5.41, 5.74) is 3.88. The predicted molar refractivity (Wildman–Crippen MR) is 100 cm³/mol. The molecule has 2 aromatic rings. The zero-order chi connectivity index (χ0) is 18.4. The van der Waals surface area contributed by atoms with Crippen molar-refractivity contribution < 1.29 is 14.4 Å². The van der Waals surface area contributed by atoms with Gasteiger partial charge in [-0.15, -0.1) is 0 Å². The van der Waals surface area contributed by atoms with Gasteiger partial charge >= 0.3 is 0 Å². The van der Waals surface area contributed by atoms with Gasteiger partial charge in [0.2, 0.25) is 0 Å². The third-order valence-electron chi connectivity index (χ3n) is 5.42. The van der Waals surface area contributed by atoms with E-state index < -0.39 is 0 Å². The molecule has 132 valence electrons. The maximum absolute atomic E-state index is 13.4. The molecule has 0 aliphatic heterocycles. The van der Waals surface area contributed by atoms with Gasteiger partial charge in [-0.05, 0) is 62.5 Å². The van der Waals surface area contributed by atoms with Gasteiger partial charge in [0, 0.05) is 22.3 Å². The lowest BCUT2D eigenvalue weighted by Gasteiger charge is -2.15. The molecule has 2 saturated carbocycles. The summed E-state index contributed by atoms with van der Waals surface area (Å²) < 4.78 is 0. The highest BCUT2D eigenvalue weighted by molar-refractivity contribution is 6.20. The summed E-state index contributed by atoms with van der Waals surface area (Å²) in [5, 5.41) is 0. The zero-order valence-corrected chi connectivity index (χ0v) is 15.2.